The summed E-state index contributed by atoms with van der Waals surface area (Å²) in [6.45, 7) is 0.849. The zero-order chi connectivity index (χ0) is 23.0. The maximum atomic E-state index is 12.9. The van der Waals surface area contributed by atoms with Gasteiger partial charge in [-0.2, -0.15) is 5.10 Å². The largest absolute Gasteiger partial charge is 0.479 e. The molecule has 1 saturated heterocycles. The van der Waals surface area contributed by atoms with Gasteiger partial charge in [0.25, 0.3) is 0 Å². The number of nitrogens with one attached hydrogen (secondary N) is 1. The predicted octanol–water partition coefficient (Wildman–Crippen LogP) is 3.01. The van der Waals surface area contributed by atoms with Crippen molar-refractivity contribution >= 4 is 32.7 Å². The molecule has 5 rings (SSSR count). The van der Waals surface area contributed by atoms with Gasteiger partial charge in [0, 0.05) is 61.6 Å². The van der Waals surface area contributed by atoms with E-state index in [1.54, 1.807) is 41.5 Å². The topological polar surface area (TPSA) is 118 Å². The maximum Gasteiger partial charge on any atom is 0.323 e. The van der Waals surface area contributed by atoms with Crippen LogP contribution >= 0.6 is 11.3 Å². The molecule has 0 unspecified atom stereocenters. The van der Waals surface area contributed by atoms with Crippen LogP contribution in [0.5, 0.6) is 5.88 Å². The molecule has 2 amide bonds. The highest BCUT2D eigenvalue weighted by molar-refractivity contribution is 7.23. The first-order valence-electron chi connectivity index (χ1n) is 10.5. The van der Waals surface area contributed by atoms with Crippen LogP contribution < -0.4 is 10.1 Å². The third kappa shape index (κ3) is 4.00. The maximum absolute atomic E-state index is 12.9. The number of fused-ring (bicyclic) bond motifs is 1. The van der Waals surface area contributed by atoms with Crippen molar-refractivity contribution in [3.05, 3.63) is 48.7 Å². The van der Waals surface area contributed by atoms with Gasteiger partial charge in [-0.25, -0.2) is 14.8 Å². The van der Waals surface area contributed by atoms with E-state index in [1.807, 2.05) is 25.4 Å². The van der Waals surface area contributed by atoms with Crippen LogP contribution in [0.4, 0.5) is 9.93 Å². The number of rotatable bonds is 4. The number of piperidine rings is 1. The zero-order valence-electron chi connectivity index (χ0n) is 18.2. The second-order valence-electron chi connectivity index (χ2n) is 7.97. The Morgan fingerprint density at radius 2 is 2.09 bits per heavy atom. The second-order valence-corrected chi connectivity index (χ2v) is 8.97. The number of thiazole rings is 1. The molecular weight excluding hydrogens is 442 g/mol. The molecule has 2 N–H and O–H groups in total. The fourth-order valence-electron chi connectivity index (χ4n) is 4.04. The number of hydrogen-bond donors (Lipinski definition) is 2. The highest BCUT2D eigenvalue weighted by Gasteiger charge is 2.35. The van der Waals surface area contributed by atoms with Crippen LogP contribution in [0.3, 0.4) is 0 Å². The molecule has 0 radical (unpaired) electrons. The Hall–Kier alpha value is -3.57. The second kappa shape index (κ2) is 8.41. The Labute approximate surface area is 193 Å². The number of nitrogens with zero attached hydrogens (tertiary/aromatic N) is 6. The third-order valence-corrected chi connectivity index (χ3v) is 6.89. The molecule has 1 aliphatic heterocycles. The minimum Gasteiger partial charge on any atom is -0.479 e. The van der Waals surface area contributed by atoms with Crippen molar-refractivity contribution in [1.29, 1.82) is 0 Å². The molecule has 10 nitrogen and oxygen atoms in total. The fourth-order valence-corrected chi connectivity index (χ4v) is 5.02. The molecule has 170 valence electrons. The fraction of sp³-hybridized carbons (Fsp3) is 0.318. The number of urea groups is 1. The lowest BCUT2D eigenvalue weighted by atomic mass is 9.85. The molecule has 33 heavy (non-hydrogen) atoms. The average Bonchev–Trinajstić information content (AvgIpc) is 3.45. The lowest BCUT2D eigenvalue weighted by molar-refractivity contribution is -0.0159. The lowest BCUT2D eigenvalue weighted by Crippen LogP contribution is -2.46. The van der Waals surface area contributed by atoms with E-state index < -0.39 is 5.60 Å². The van der Waals surface area contributed by atoms with E-state index in [2.05, 4.69) is 25.4 Å². The predicted molar refractivity (Wildman–Crippen MR) is 124 cm³/mol. The number of aliphatic hydroxyl groups is 1. The number of amides is 2. The van der Waals surface area contributed by atoms with Crippen LogP contribution in [-0.4, -0.2) is 61.0 Å². The van der Waals surface area contributed by atoms with Crippen LogP contribution in [0.1, 0.15) is 18.4 Å². The quantitative estimate of drug-likeness (QED) is 0.476. The van der Waals surface area contributed by atoms with Crippen LogP contribution in [0, 0.1) is 0 Å². The molecule has 0 aromatic carbocycles. The Morgan fingerprint density at radius 1 is 1.27 bits per heavy atom. The van der Waals surface area contributed by atoms with Crippen molar-refractivity contribution in [2.75, 3.05) is 25.5 Å². The SMILES string of the molecule is COc1ncc(-c2cnn(C)c2)c2sc(NC(=O)N3CCC(O)(c4cccnc4)CC3)nc12. The molecule has 11 heteroatoms. The van der Waals surface area contributed by atoms with E-state index in [0.29, 0.717) is 42.5 Å². The molecule has 1 fully saturated rings. The monoisotopic (exact) mass is 465 g/mol. The summed E-state index contributed by atoms with van der Waals surface area (Å²) in [5.41, 5.74) is 2.17. The van der Waals surface area contributed by atoms with Crippen molar-refractivity contribution in [2.45, 2.75) is 18.4 Å². The summed E-state index contributed by atoms with van der Waals surface area (Å²) in [5.74, 6) is 0.397. The van der Waals surface area contributed by atoms with Crippen LogP contribution in [0.15, 0.2) is 43.1 Å². The molecule has 0 atom stereocenters. The van der Waals surface area contributed by atoms with Gasteiger partial charge in [-0.1, -0.05) is 17.4 Å². The molecule has 0 spiro atoms. The molecule has 1 aliphatic rings. The number of aromatic nitrogens is 5. The van der Waals surface area contributed by atoms with Gasteiger partial charge in [-0.3, -0.25) is 15.0 Å². The van der Waals surface area contributed by atoms with Gasteiger partial charge < -0.3 is 14.7 Å². The lowest BCUT2D eigenvalue weighted by Gasteiger charge is -2.38. The van der Waals surface area contributed by atoms with E-state index in [4.69, 9.17) is 4.74 Å². The van der Waals surface area contributed by atoms with Gasteiger partial charge in [0.2, 0.25) is 5.88 Å². The average molecular weight is 466 g/mol. The normalized spacial score (nSPS) is 15.5. The summed E-state index contributed by atoms with van der Waals surface area (Å²) < 4.78 is 7.96. The Morgan fingerprint density at radius 3 is 2.76 bits per heavy atom. The number of likely N-dealkylation sites (tertiary alicyclic amines) is 1. The van der Waals surface area contributed by atoms with E-state index >= 15 is 0 Å². The Bertz CT molecular complexity index is 1300. The van der Waals surface area contributed by atoms with Crippen molar-refractivity contribution in [2.24, 2.45) is 7.05 Å². The summed E-state index contributed by atoms with van der Waals surface area (Å²) in [5, 5.41) is 18.6. The van der Waals surface area contributed by atoms with E-state index in [1.165, 1.54) is 11.3 Å². The van der Waals surface area contributed by atoms with E-state index in [-0.39, 0.29) is 6.03 Å². The van der Waals surface area contributed by atoms with Crippen LogP contribution in [0.2, 0.25) is 0 Å². The number of carbonyl (C=O) groups is 1. The highest BCUT2D eigenvalue weighted by atomic mass is 32.1. The van der Waals surface area contributed by atoms with Gasteiger partial charge in [0.15, 0.2) is 5.13 Å². The number of pyridine rings is 2. The van der Waals surface area contributed by atoms with Crippen molar-refractivity contribution in [1.82, 2.24) is 29.6 Å². The zero-order valence-corrected chi connectivity index (χ0v) is 19.0. The first-order valence-corrected chi connectivity index (χ1v) is 11.3. The van der Waals surface area contributed by atoms with Crippen molar-refractivity contribution in [3.8, 4) is 17.0 Å². The van der Waals surface area contributed by atoms with E-state index in [0.717, 1.165) is 21.4 Å². The molecular formula is C22H23N7O3S. The summed E-state index contributed by atoms with van der Waals surface area (Å²) in [6, 6.07) is 3.42. The summed E-state index contributed by atoms with van der Waals surface area (Å²) >= 11 is 1.36. The van der Waals surface area contributed by atoms with Gasteiger partial charge in [-0.05, 0) is 18.9 Å². The van der Waals surface area contributed by atoms with Gasteiger partial charge >= 0.3 is 6.03 Å². The Kier molecular flexibility index (Phi) is 5.43. The Balaban J connectivity index is 1.35. The number of aryl methyl sites for hydroxylation is 1. The minimum atomic E-state index is -0.974. The molecule has 0 aliphatic carbocycles. The number of carbonyl (C=O) groups excluding carboxylic acids is 1. The summed E-state index contributed by atoms with van der Waals surface area (Å²) in [4.78, 5) is 27.7. The van der Waals surface area contributed by atoms with Gasteiger partial charge in [0.05, 0.1) is 23.6 Å². The molecule has 0 saturated carbocycles. The van der Waals surface area contributed by atoms with Crippen molar-refractivity contribution < 1.29 is 14.6 Å². The summed E-state index contributed by atoms with van der Waals surface area (Å²) in [7, 11) is 3.39. The summed E-state index contributed by atoms with van der Waals surface area (Å²) in [6.07, 6.45) is 9.63. The smallest absolute Gasteiger partial charge is 0.323 e. The number of ether oxygens (including phenoxy) is 1. The number of anilines is 1. The van der Waals surface area contributed by atoms with Crippen LogP contribution in [-0.2, 0) is 12.6 Å². The van der Waals surface area contributed by atoms with Crippen molar-refractivity contribution in [3.63, 3.8) is 0 Å². The first-order chi connectivity index (χ1) is 16.0. The van der Waals surface area contributed by atoms with Gasteiger partial charge in [0.1, 0.15) is 5.52 Å². The minimum absolute atomic E-state index is 0.253. The number of methoxy groups -OCH3 is 1. The third-order valence-electron chi connectivity index (χ3n) is 5.89. The molecule has 4 aromatic rings. The highest BCUT2D eigenvalue weighted by Crippen LogP contribution is 2.38. The molecule has 4 aromatic heterocycles. The molecule has 0 bridgehead atoms. The molecule has 5 heterocycles. The van der Waals surface area contributed by atoms with Crippen LogP contribution in [0.25, 0.3) is 21.3 Å². The first kappa shape index (κ1) is 21.3. The number of hydrogen-bond acceptors (Lipinski definition) is 8. The standard InChI is InChI=1S/C22H23N7O3S/c1-28-13-14(10-25-28)16-12-24-19(32-2)17-18(16)33-20(26-17)27-21(30)29-8-5-22(31,6-9-29)15-4-3-7-23-11-15/h3-4,7,10-13,31H,5-6,8-9H2,1-2H3,(H,26,27,30). The van der Waals surface area contributed by atoms with E-state index in [9.17, 15) is 9.90 Å². The van der Waals surface area contributed by atoms with Gasteiger partial charge in [-0.15, -0.1) is 0 Å².